The molecular weight excluding hydrogens is 216 g/mol. The highest BCUT2D eigenvalue weighted by Gasteiger charge is 2.13. The molecule has 1 N–H and O–H groups in total. The number of hydrogen-bond donors (Lipinski definition) is 1. The molecule has 1 rings (SSSR count). The molecular formula is C9H9O3SSi. The van der Waals surface area contributed by atoms with Gasteiger partial charge < -0.3 is 0 Å². The maximum Gasteiger partial charge on any atom is 0.294 e. The zero-order chi connectivity index (χ0) is 10.8. The zero-order valence-electron chi connectivity index (χ0n) is 7.40. The van der Waals surface area contributed by atoms with Crippen molar-refractivity contribution in [1.29, 1.82) is 0 Å². The van der Waals surface area contributed by atoms with Crippen LogP contribution in [0.1, 0.15) is 5.56 Å². The van der Waals surface area contributed by atoms with E-state index in [0.29, 0.717) is 11.6 Å². The van der Waals surface area contributed by atoms with E-state index in [1.54, 1.807) is 18.2 Å². The molecule has 3 nitrogen and oxygen atoms in total. The van der Waals surface area contributed by atoms with Crippen molar-refractivity contribution in [3.05, 3.63) is 36.4 Å². The summed E-state index contributed by atoms with van der Waals surface area (Å²) in [6.45, 7) is 3.56. The highest BCUT2D eigenvalue weighted by atomic mass is 32.2. The molecule has 5 heteroatoms. The fraction of sp³-hybridized carbons (Fsp3) is 0.111. The van der Waals surface area contributed by atoms with Gasteiger partial charge in [-0.1, -0.05) is 18.2 Å². The summed E-state index contributed by atoms with van der Waals surface area (Å²) in [4.78, 5) is -0.117. The zero-order valence-corrected chi connectivity index (χ0v) is 9.21. The monoisotopic (exact) mass is 225 g/mol. The Balaban J connectivity index is 3.35. The molecule has 14 heavy (non-hydrogen) atoms. The molecule has 0 heterocycles. The summed E-state index contributed by atoms with van der Waals surface area (Å²) in [5.41, 5.74) is 0.770. The molecule has 0 unspecified atom stereocenters. The molecule has 1 aromatic rings. The van der Waals surface area contributed by atoms with Crippen LogP contribution in [-0.2, 0) is 16.5 Å². The topological polar surface area (TPSA) is 54.4 Å². The van der Waals surface area contributed by atoms with Crippen molar-refractivity contribution in [3.63, 3.8) is 0 Å². The molecule has 0 aliphatic heterocycles. The average Bonchev–Trinajstić information content (AvgIpc) is 2.07. The first-order chi connectivity index (χ1) is 6.46. The Kier molecular flexibility index (Phi) is 3.25. The lowest BCUT2D eigenvalue weighted by Crippen LogP contribution is -2.19. The van der Waals surface area contributed by atoms with E-state index in [-0.39, 0.29) is 4.90 Å². The van der Waals surface area contributed by atoms with Crippen LogP contribution in [0.15, 0.2) is 35.7 Å². The third kappa shape index (κ3) is 2.31. The summed E-state index contributed by atoms with van der Waals surface area (Å²) in [6.07, 6.45) is 2.20. The largest absolute Gasteiger partial charge is 0.294 e. The lowest BCUT2D eigenvalue weighted by molar-refractivity contribution is 0.484. The predicted molar refractivity (Wildman–Crippen MR) is 55.5 cm³/mol. The Morgan fingerprint density at radius 3 is 2.64 bits per heavy atom. The SMILES string of the molecule is C=CCc1cccc(S(=O)(=O)O)c1[Si]. The second kappa shape index (κ2) is 4.08. The summed E-state index contributed by atoms with van der Waals surface area (Å²) in [7, 11) is -0.972. The second-order valence-electron chi connectivity index (χ2n) is 2.76. The van der Waals surface area contributed by atoms with E-state index in [2.05, 4.69) is 16.8 Å². The van der Waals surface area contributed by atoms with Crippen LogP contribution in [0.5, 0.6) is 0 Å². The summed E-state index contributed by atoms with van der Waals surface area (Å²) in [5.74, 6) is 0. The minimum absolute atomic E-state index is 0.117. The minimum Gasteiger partial charge on any atom is -0.282 e. The molecule has 0 saturated heterocycles. The lowest BCUT2D eigenvalue weighted by atomic mass is 10.1. The van der Waals surface area contributed by atoms with E-state index in [1.807, 2.05) is 0 Å². The van der Waals surface area contributed by atoms with Gasteiger partial charge in [0.25, 0.3) is 10.1 Å². The van der Waals surface area contributed by atoms with Crippen LogP contribution in [0.4, 0.5) is 0 Å². The van der Waals surface area contributed by atoms with Gasteiger partial charge in [-0.05, 0) is 23.2 Å². The van der Waals surface area contributed by atoms with E-state index in [4.69, 9.17) is 4.55 Å². The summed E-state index contributed by atoms with van der Waals surface area (Å²) in [5, 5.41) is 0.384. The Hall–Kier alpha value is -0.913. The fourth-order valence-electron chi connectivity index (χ4n) is 1.12. The molecule has 0 atom stereocenters. The number of rotatable bonds is 3. The highest BCUT2D eigenvalue weighted by molar-refractivity contribution is 7.86. The summed E-state index contributed by atoms with van der Waals surface area (Å²) >= 11 is 0. The average molecular weight is 225 g/mol. The molecule has 0 aliphatic carbocycles. The summed E-state index contributed by atoms with van der Waals surface area (Å²) in [6, 6.07) is 4.68. The molecule has 1 aromatic carbocycles. The van der Waals surface area contributed by atoms with Crippen molar-refractivity contribution in [3.8, 4) is 0 Å². The van der Waals surface area contributed by atoms with Crippen molar-refractivity contribution >= 4 is 25.5 Å². The number of hydrogen-bond acceptors (Lipinski definition) is 2. The molecule has 3 radical (unpaired) electrons. The first-order valence-electron chi connectivity index (χ1n) is 3.88. The standard InChI is InChI=1S/C9H9O3SSi/c1-2-4-7-5-3-6-8(9(7)14)13(10,11)12/h2-3,5-6H,1,4H2,(H,10,11,12). The van der Waals surface area contributed by atoms with Gasteiger partial charge in [0, 0.05) is 0 Å². The molecule has 0 fully saturated rings. The quantitative estimate of drug-likeness (QED) is 0.462. The molecule has 0 saturated carbocycles. The minimum atomic E-state index is -4.16. The molecule has 0 amide bonds. The van der Waals surface area contributed by atoms with E-state index in [1.165, 1.54) is 6.07 Å². The van der Waals surface area contributed by atoms with E-state index in [9.17, 15) is 8.42 Å². The van der Waals surface area contributed by atoms with Gasteiger partial charge in [0.15, 0.2) is 0 Å². The van der Waals surface area contributed by atoms with Crippen molar-refractivity contribution < 1.29 is 13.0 Å². The Labute approximate surface area is 86.6 Å². The van der Waals surface area contributed by atoms with E-state index in [0.717, 1.165) is 5.56 Å². The highest BCUT2D eigenvalue weighted by Crippen LogP contribution is 2.08. The fourth-order valence-corrected chi connectivity index (χ4v) is 2.41. The Morgan fingerprint density at radius 2 is 2.14 bits per heavy atom. The van der Waals surface area contributed by atoms with Gasteiger partial charge in [-0.25, -0.2) is 0 Å². The van der Waals surface area contributed by atoms with Gasteiger partial charge in [-0.3, -0.25) is 4.55 Å². The van der Waals surface area contributed by atoms with Crippen LogP contribution in [-0.4, -0.2) is 23.2 Å². The normalized spacial score (nSPS) is 11.3. The maximum atomic E-state index is 10.9. The van der Waals surface area contributed by atoms with E-state index >= 15 is 0 Å². The van der Waals surface area contributed by atoms with Crippen molar-refractivity contribution in [2.45, 2.75) is 11.3 Å². The number of benzene rings is 1. The lowest BCUT2D eigenvalue weighted by Gasteiger charge is -2.06. The van der Waals surface area contributed by atoms with Gasteiger partial charge >= 0.3 is 0 Å². The van der Waals surface area contributed by atoms with Gasteiger partial charge in [-0.2, -0.15) is 8.42 Å². The maximum absolute atomic E-state index is 10.9. The Morgan fingerprint density at radius 1 is 1.50 bits per heavy atom. The first-order valence-corrected chi connectivity index (χ1v) is 5.82. The van der Waals surface area contributed by atoms with Crippen molar-refractivity contribution in [2.24, 2.45) is 0 Å². The third-order valence-electron chi connectivity index (χ3n) is 1.75. The van der Waals surface area contributed by atoms with Gasteiger partial charge in [0.2, 0.25) is 0 Å². The van der Waals surface area contributed by atoms with Crippen LogP contribution >= 0.6 is 0 Å². The van der Waals surface area contributed by atoms with Crippen LogP contribution in [0.3, 0.4) is 0 Å². The van der Waals surface area contributed by atoms with Gasteiger partial charge in [0.1, 0.15) is 0 Å². The molecule has 73 valence electrons. The number of allylic oxidation sites excluding steroid dienone is 1. The van der Waals surface area contributed by atoms with E-state index < -0.39 is 10.1 Å². The van der Waals surface area contributed by atoms with Crippen molar-refractivity contribution in [2.75, 3.05) is 0 Å². The molecule has 0 bridgehead atoms. The van der Waals surface area contributed by atoms with Crippen LogP contribution in [0.2, 0.25) is 0 Å². The smallest absolute Gasteiger partial charge is 0.282 e. The third-order valence-corrected chi connectivity index (χ3v) is 3.42. The van der Waals surface area contributed by atoms with Crippen LogP contribution < -0.4 is 5.19 Å². The van der Waals surface area contributed by atoms with Gasteiger partial charge in [-0.15, -0.1) is 6.58 Å². The molecule has 0 aliphatic rings. The molecule has 0 aromatic heterocycles. The first kappa shape index (κ1) is 11.2. The predicted octanol–water partition coefficient (Wildman–Crippen LogP) is 0.456. The second-order valence-corrected chi connectivity index (χ2v) is 4.65. The van der Waals surface area contributed by atoms with Crippen molar-refractivity contribution in [1.82, 2.24) is 0 Å². The van der Waals surface area contributed by atoms with Crippen LogP contribution in [0, 0.1) is 0 Å². The Bertz CT molecular complexity index is 451. The molecule has 0 spiro atoms. The summed E-state index contributed by atoms with van der Waals surface area (Å²) < 4.78 is 30.7. The van der Waals surface area contributed by atoms with Gasteiger partial charge in [0.05, 0.1) is 15.1 Å². The van der Waals surface area contributed by atoms with Crippen LogP contribution in [0.25, 0.3) is 0 Å².